The summed E-state index contributed by atoms with van der Waals surface area (Å²) < 4.78 is 34.5. The summed E-state index contributed by atoms with van der Waals surface area (Å²) >= 11 is 0. The minimum absolute atomic E-state index is 0.0229. The number of ether oxygens (including phenoxy) is 2. The number of hydrogen-bond acceptors (Lipinski definition) is 6. The molecule has 0 saturated carbocycles. The summed E-state index contributed by atoms with van der Waals surface area (Å²) in [5.74, 6) is -0.112. The first-order valence-electron chi connectivity index (χ1n) is 8.44. The molecule has 0 unspecified atom stereocenters. The van der Waals surface area contributed by atoms with Gasteiger partial charge in [-0.2, -0.15) is 0 Å². The molecule has 0 radical (unpaired) electrons. The van der Waals surface area contributed by atoms with Crippen LogP contribution in [0, 0.1) is 0 Å². The molecule has 150 valence electrons. The predicted molar refractivity (Wildman–Crippen MR) is 102 cm³/mol. The van der Waals surface area contributed by atoms with E-state index >= 15 is 0 Å². The Morgan fingerprint density at radius 1 is 0.929 bits per heavy atom. The lowest BCUT2D eigenvalue weighted by Gasteiger charge is -2.10. The van der Waals surface area contributed by atoms with E-state index < -0.39 is 22.0 Å². The van der Waals surface area contributed by atoms with Gasteiger partial charge in [0.2, 0.25) is 0 Å². The monoisotopic (exact) mass is 407 g/mol. The minimum atomic E-state index is -3.94. The van der Waals surface area contributed by atoms with Crippen LogP contribution in [-0.4, -0.2) is 33.6 Å². The van der Waals surface area contributed by atoms with Gasteiger partial charge in [-0.05, 0) is 62.4 Å². The molecule has 2 rings (SSSR count). The van der Waals surface area contributed by atoms with Crippen LogP contribution in [0.25, 0.3) is 0 Å². The van der Waals surface area contributed by atoms with Crippen LogP contribution in [0.2, 0.25) is 0 Å². The Labute approximate surface area is 163 Å². The molecule has 10 heteroatoms. The Hall–Kier alpha value is -3.11. The fourth-order valence-corrected chi connectivity index (χ4v) is 2.96. The van der Waals surface area contributed by atoms with Gasteiger partial charge in [-0.1, -0.05) is 0 Å². The van der Waals surface area contributed by atoms with Crippen LogP contribution in [-0.2, 0) is 14.8 Å². The second kappa shape index (κ2) is 9.72. The molecule has 3 N–H and O–H groups in total. The van der Waals surface area contributed by atoms with E-state index in [0.717, 1.165) is 0 Å². The van der Waals surface area contributed by atoms with E-state index in [4.69, 9.17) is 9.47 Å². The first-order valence-corrected chi connectivity index (χ1v) is 9.93. The van der Waals surface area contributed by atoms with Gasteiger partial charge >= 0.3 is 6.09 Å². The van der Waals surface area contributed by atoms with Crippen LogP contribution >= 0.6 is 0 Å². The maximum atomic E-state index is 12.2. The van der Waals surface area contributed by atoms with Crippen LogP contribution in [0.4, 0.5) is 10.5 Å². The highest BCUT2D eigenvalue weighted by atomic mass is 32.2. The highest BCUT2D eigenvalue weighted by Gasteiger charge is 2.16. The molecule has 0 atom stereocenters. The van der Waals surface area contributed by atoms with Crippen molar-refractivity contribution in [2.45, 2.75) is 18.7 Å². The molecule has 0 aromatic heterocycles. The topological polar surface area (TPSA) is 123 Å². The smallest absolute Gasteiger partial charge is 0.411 e. The lowest BCUT2D eigenvalue weighted by atomic mass is 10.2. The number of hydrogen-bond donors (Lipinski definition) is 3. The zero-order chi connectivity index (χ0) is 20.6. The number of sulfonamides is 1. The molecule has 2 aromatic carbocycles. The lowest BCUT2D eigenvalue weighted by Crippen LogP contribution is -2.41. The number of carbonyl (C=O) groups excluding carboxylic acids is 2. The van der Waals surface area contributed by atoms with E-state index in [1.165, 1.54) is 48.5 Å². The van der Waals surface area contributed by atoms with Crippen LogP contribution in [0.15, 0.2) is 53.4 Å². The zero-order valence-electron chi connectivity index (χ0n) is 15.4. The number of carbonyl (C=O) groups is 2. The number of amides is 2. The zero-order valence-corrected chi connectivity index (χ0v) is 16.2. The molecule has 0 bridgehead atoms. The normalized spacial score (nSPS) is 10.8. The number of hydrazine groups is 1. The highest BCUT2D eigenvalue weighted by Crippen LogP contribution is 2.15. The molecular weight excluding hydrogens is 386 g/mol. The maximum absolute atomic E-state index is 12.2. The van der Waals surface area contributed by atoms with Crippen molar-refractivity contribution in [3.05, 3.63) is 54.1 Å². The number of anilines is 1. The first kappa shape index (κ1) is 21.2. The largest absolute Gasteiger partial charge is 0.494 e. The number of rotatable bonds is 8. The average molecular weight is 407 g/mol. The van der Waals surface area contributed by atoms with E-state index in [0.29, 0.717) is 18.0 Å². The molecule has 0 aliphatic heterocycles. The Morgan fingerprint density at radius 2 is 1.57 bits per heavy atom. The minimum Gasteiger partial charge on any atom is -0.494 e. The standard InChI is InChI=1S/C18H21N3O6S/c1-3-26-15-9-11-16(12-10-15)28(24,25)21-20-17(22)13-5-7-14(8-6-13)19-18(23)27-4-2/h5-12,21H,3-4H2,1-2H3,(H,19,23)(H,20,22). The molecule has 0 aliphatic carbocycles. The van der Waals surface area contributed by atoms with Crippen LogP contribution < -0.4 is 20.3 Å². The first-order chi connectivity index (χ1) is 13.4. The molecule has 0 fully saturated rings. The second-order valence-electron chi connectivity index (χ2n) is 5.39. The van der Waals surface area contributed by atoms with E-state index in [1.54, 1.807) is 6.92 Å². The van der Waals surface area contributed by atoms with Gasteiger partial charge in [0.25, 0.3) is 15.9 Å². The van der Waals surface area contributed by atoms with Gasteiger partial charge in [-0.15, -0.1) is 4.83 Å². The summed E-state index contributed by atoms with van der Waals surface area (Å²) in [4.78, 5) is 25.5. The summed E-state index contributed by atoms with van der Waals surface area (Å²) in [5.41, 5.74) is 2.77. The van der Waals surface area contributed by atoms with E-state index in [9.17, 15) is 18.0 Å². The van der Waals surface area contributed by atoms with E-state index in [1.807, 2.05) is 11.8 Å². The van der Waals surface area contributed by atoms with Crippen molar-refractivity contribution >= 4 is 27.7 Å². The van der Waals surface area contributed by atoms with Crippen molar-refractivity contribution in [2.24, 2.45) is 0 Å². The van der Waals surface area contributed by atoms with Crippen molar-refractivity contribution in [2.75, 3.05) is 18.5 Å². The van der Waals surface area contributed by atoms with Crippen molar-refractivity contribution in [3.8, 4) is 5.75 Å². The molecule has 28 heavy (non-hydrogen) atoms. The fraction of sp³-hybridized carbons (Fsp3) is 0.222. The van der Waals surface area contributed by atoms with Crippen molar-refractivity contribution in [1.82, 2.24) is 10.3 Å². The lowest BCUT2D eigenvalue weighted by molar-refractivity contribution is 0.0945. The average Bonchev–Trinajstić information content (AvgIpc) is 2.68. The second-order valence-corrected chi connectivity index (χ2v) is 7.07. The van der Waals surface area contributed by atoms with Crippen LogP contribution in [0.3, 0.4) is 0 Å². The Bertz CT molecular complexity index is 911. The molecule has 2 amide bonds. The summed E-state index contributed by atoms with van der Waals surface area (Å²) in [6.07, 6.45) is -0.609. The Balaban J connectivity index is 1.95. The molecule has 0 spiro atoms. The molecule has 2 aromatic rings. The molecule has 0 heterocycles. The third-order valence-electron chi connectivity index (χ3n) is 3.41. The number of nitrogens with one attached hydrogen (secondary N) is 3. The van der Waals surface area contributed by atoms with Crippen molar-refractivity contribution < 1.29 is 27.5 Å². The van der Waals surface area contributed by atoms with Gasteiger partial charge < -0.3 is 9.47 Å². The van der Waals surface area contributed by atoms with Gasteiger partial charge in [-0.3, -0.25) is 15.5 Å². The maximum Gasteiger partial charge on any atom is 0.411 e. The quantitative estimate of drug-likeness (QED) is 0.577. The summed E-state index contributed by atoms with van der Waals surface area (Å²) in [6.45, 7) is 4.21. The summed E-state index contributed by atoms with van der Waals surface area (Å²) in [5, 5.41) is 2.49. The van der Waals surface area contributed by atoms with Gasteiger partial charge in [0.05, 0.1) is 18.1 Å². The molecule has 0 saturated heterocycles. The molecular formula is C18H21N3O6S. The van der Waals surface area contributed by atoms with E-state index in [-0.39, 0.29) is 17.1 Å². The third-order valence-corrected chi connectivity index (χ3v) is 4.68. The predicted octanol–water partition coefficient (Wildman–Crippen LogP) is 2.28. The van der Waals surface area contributed by atoms with Crippen LogP contribution in [0.5, 0.6) is 5.75 Å². The fourth-order valence-electron chi connectivity index (χ4n) is 2.12. The van der Waals surface area contributed by atoms with Gasteiger partial charge in [0.1, 0.15) is 5.75 Å². The van der Waals surface area contributed by atoms with Gasteiger partial charge in [-0.25, -0.2) is 13.2 Å². The van der Waals surface area contributed by atoms with Crippen LogP contribution in [0.1, 0.15) is 24.2 Å². The summed E-state index contributed by atoms with van der Waals surface area (Å²) in [7, 11) is -3.94. The highest BCUT2D eigenvalue weighted by molar-refractivity contribution is 7.89. The molecule has 9 nitrogen and oxygen atoms in total. The van der Waals surface area contributed by atoms with Crippen molar-refractivity contribution in [3.63, 3.8) is 0 Å². The van der Waals surface area contributed by atoms with Crippen molar-refractivity contribution in [1.29, 1.82) is 0 Å². The molecule has 0 aliphatic rings. The van der Waals surface area contributed by atoms with E-state index in [2.05, 4.69) is 10.7 Å². The Kier molecular flexibility index (Phi) is 7.36. The SMILES string of the molecule is CCOC(=O)Nc1ccc(C(=O)NNS(=O)(=O)c2ccc(OCC)cc2)cc1. The summed E-state index contributed by atoms with van der Waals surface area (Å²) in [6, 6.07) is 11.6. The van der Waals surface area contributed by atoms with Gasteiger partial charge in [0.15, 0.2) is 0 Å². The number of benzene rings is 2. The Morgan fingerprint density at radius 3 is 2.14 bits per heavy atom. The third kappa shape index (κ3) is 5.96. The van der Waals surface area contributed by atoms with Gasteiger partial charge in [0, 0.05) is 11.3 Å².